The van der Waals surface area contributed by atoms with E-state index in [2.05, 4.69) is 15.0 Å². The number of likely N-dealkylation sites (tertiary alicyclic amines) is 1. The molecule has 3 aromatic heterocycles. The predicted octanol–water partition coefficient (Wildman–Crippen LogP) is 4.20. The molecule has 8 heteroatoms. The quantitative estimate of drug-likeness (QED) is 0.435. The summed E-state index contributed by atoms with van der Waals surface area (Å²) >= 11 is 0. The Labute approximate surface area is 197 Å². The van der Waals surface area contributed by atoms with Crippen LogP contribution < -0.4 is 0 Å². The summed E-state index contributed by atoms with van der Waals surface area (Å²) in [7, 11) is 0. The van der Waals surface area contributed by atoms with Crippen molar-refractivity contribution >= 4 is 5.91 Å². The van der Waals surface area contributed by atoms with Gasteiger partial charge in [-0.05, 0) is 67.3 Å². The monoisotopic (exact) mass is 456 g/mol. The molecule has 1 aliphatic heterocycles. The molecule has 7 nitrogen and oxygen atoms in total. The number of carbonyl (C=O) groups excluding carboxylic acids is 1. The summed E-state index contributed by atoms with van der Waals surface area (Å²) in [6.45, 7) is 1.37. The fourth-order valence-corrected chi connectivity index (χ4v) is 4.41. The average Bonchev–Trinajstić information content (AvgIpc) is 3.34. The highest BCUT2D eigenvalue weighted by atomic mass is 19.1. The van der Waals surface area contributed by atoms with Crippen molar-refractivity contribution in [1.82, 2.24) is 29.6 Å². The van der Waals surface area contributed by atoms with Crippen molar-refractivity contribution in [2.24, 2.45) is 0 Å². The van der Waals surface area contributed by atoms with Crippen molar-refractivity contribution in [3.05, 3.63) is 90.4 Å². The molecular weight excluding hydrogens is 431 g/mol. The van der Waals surface area contributed by atoms with Crippen LogP contribution >= 0.6 is 0 Å². The van der Waals surface area contributed by atoms with Crippen LogP contribution in [0.25, 0.3) is 17.2 Å². The lowest BCUT2D eigenvalue weighted by Gasteiger charge is -2.33. The zero-order valence-corrected chi connectivity index (χ0v) is 18.7. The van der Waals surface area contributed by atoms with Crippen molar-refractivity contribution in [2.45, 2.75) is 31.6 Å². The number of aryl methyl sites for hydroxylation is 1. The first-order valence-electron chi connectivity index (χ1n) is 11.5. The zero-order valence-electron chi connectivity index (χ0n) is 18.7. The van der Waals surface area contributed by atoms with E-state index in [0.29, 0.717) is 25.3 Å². The van der Waals surface area contributed by atoms with E-state index in [1.807, 2.05) is 29.3 Å². The number of nitrogens with zero attached hydrogens (tertiary/aromatic N) is 6. The van der Waals surface area contributed by atoms with Crippen LogP contribution in [0.4, 0.5) is 4.39 Å². The maximum absolute atomic E-state index is 13.4. The first-order chi connectivity index (χ1) is 16.7. The third-order valence-electron chi connectivity index (χ3n) is 6.16. The van der Waals surface area contributed by atoms with Crippen molar-refractivity contribution < 1.29 is 9.18 Å². The molecule has 0 radical (unpaired) electrons. The van der Waals surface area contributed by atoms with Crippen molar-refractivity contribution in [1.29, 1.82) is 0 Å². The minimum absolute atomic E-state index is 0.0987. The van der Waals surface area contributed by atoms with Crippen LogP contribution in [0.5, 0.6) is 0 Å². The third-order valence-corrected chi connectivity index (χ3v) is 6.16. The van der Waals surface area contributed by atoms with Crippen LogP contribution in [-0.4, -0.2) is 48.6 Å². The Bertz CT molecular complexity index is 1240. The summed E-state index contributed by atoms with van der Waals surface area (Å²) in [5.74, 6) is 0.435. The largest absolute Gasteiger partial charge is 0.342 e. The fraction of sp³-hybridized carbons (Fsp3) is 0.269. The normalized spacial score (nSPS) is 15.9. The molecule has 1 aromatic carbocycles. The minimum Gasteiger partial charge on any atom is -0.342 e. The maximum Gasteiger partial charge on any atom is 0.250 e. The van der Waals surface area contributed by atoms with E-state index in [9.17, 15) is 9.18 Å². The van der Waals surface area contributed by atoms with Crippen LogP contribution in [0.1, 0.15) is 36.4 Å². The van der Waals surface area contributed by atoms with Gasteiger partial charge in [0.1, 0.15) is 5.82 Å². The predicted molar refractivity (Wildman–Crippen MR) is 126 cm³/mol. The Morgan fingerprint density at radius 2 is 1.88 bits per heavy atom. The van der Waals surface area contributed by atoms with E-state index in [1.165, 1.54) is 12.1 Å². The van der Waals surface area contributed by atoms with Gasteiger partial charge in [0.15, 0.2) is 0 Å². The minimum atomic E-state index is -0.289. The van der Waals surface area contributed by atoms with Gasteiger partial charge in [0.05, 0.1) is 11.4 Å². The van der Waals surface area contributed by atoms with Gasteiger partial charge in [0.25, 0.3) is 5.95 Å². The average molecular weight is 457 g/mol. The molecule has 4 aromatic rings. The van der Waals surface area contributed by atoms with Gasteiger partial charge < -0.3 is 4.90 Å². The van der Waals surface area contributed by atoms with Crippen LogP contribution in [0.3, 0.4) is 0 Å². The molecule has 0 bridgehead atoms. The molecule has 5 rings (SSSR count). The summed E-state index contributed by atoms with van der Waals surface area (Å²) in [6.07, 6.45) is 9.89. The van der Waals surface area contributed by atoms with Crippen molar-refractivity contribution in [3.8, 4) is 17.2 Å². The van der Waals surface area contributed by atoms with Crippen molar-refractivity contribution in [2.75, 3.05) is 13.1 Å². The summed E-state index contributed by atoms with van der Waals surface area (Å²) in [6, 6.07) is 13.9. The number of benzene rings is 1. The fourth-order valence-electron chi connectivity index (χ4n) is 4.41. The molecule has 4 heterocycles. The highest BCUT2D eigenvalue weighted by molar-refractivity contribution is 5.76. The molecular formula is C26H25FN6O. The van der Waals surface area contributed by atoms with Gasteiger partial charge in [0.2, 0.25) is 5.91 Å². The molecule has 1 unspecified atom stereocenters. The van der Waals surface area contributed by atoms with E-state index < -0.39 is 0 Å². The Morgan fingerprint density at radius 3 is 2.65 bits per heavy atom. The summed E-state index contributed by atoms with van der Waals surface area (Å²) < 4.78 is 15.2. The van der Waals surface area contributed by atoms with E-state index in [4.69, 9.17) is 5.10 Å². The second kappa shape index (κ2) is 9.91. The van der Waals surface area contributed by atoms with E-state index in [1.54, 1.807) is 41.5 Å². The highest BCUT2D eigenvalue weighted by Gasteiger charge is 2.28. The number of pyridine rings is 1. The molecule has 1 aliphatic rings. The number of piperidine rings is 1. The number of rotatable bonds is 6. The number of halogens is 1. The third kappa shape index (κ3) is 4.85. The van der Waals surface area contributed by atoms with Gasteiger partial charge in [-0.25, -0.2) is 19.0 Å². The first-order valence-corrected chi connectivity index (χ1v) is 11.5. The smallest absolute Gasteiger partial charge is 0.250 e. The zero-order chi connectivity index (χ0) is 23.3. The molecule has 1 atom stereocenters. The number of aromatic nitrogens is 5. The second-order valence-electron chi connectivity index (χ2n) is 8.46. The molecule has 1 amide bonds. The molecule has 0 spiro atoms. The summed E-state index contributed by atoms with van der Waals surface area (Å²) in [5.41, 5.74) is 3.56. The topological polar surface area (TPSA) is 76.8 Å². The van der Waals surface area contributed by atoms with E-state index in [-0.39, 0.29) is 17.6 Å². The van der Waals surface area contributed by atoms with Gasteiger partial charge >= 0.3 is 0 Å². The van der Waals surface area contributed by atoms with E-state index in [0.717, 1.165) is 41.9 Å². The van der Waals surface area contributed by atoms with Crippen LogP contribution in [0.2, 0.25) is 0 Å². The highest BCUT2D eigenvalue weighted by Crippen LogP contribution is 2.31. The Morgan fingerprint density at radius 1 is 1.06 bits per heavy atom. The number of amides is 1. The van der Waals surface area contributed by atoms with Gasteiger partial charge in [-0.1, -0.05) is 6.07 Å². The van der Waals surface area contributed by atoms with E-state index >= 15 is 0 Å². The maximum atomic E-state index is 13.4. The number of hydrogen-bond acceptors (Lipinski definition) is 5. The number of hydrogen-bond donors (Lipinski definition) is 0. The summed E-state index contributed by atoms with van der Waals surface area (Å²) in [4.78, 5) is 27.8. The standard InChI is InChI=1S/C26H25FN6O/c27-22-9-7-20(8-10-22)23-16-24(33(31-23)26-29-13-3-14-30-26)21-5-2-15-32(18-21)25(34)11-6-19-4-1-12-28-17-19/h1,3-4,7-10,12-14,16-17,21H,2,5-6,11,15,18H2. The van der Waals surface area contributed by atoms with Crippen LogP contribution in [-0.2, 0) is 11.2 Å². The molecule has 34 heavy (non-hydrogen) atoms. The Kier molecular flexibility index (Phi) is 6.38. The molecule has 1 fully saturated rings. The molecule has 0 N–H and O–H groups in total. The lowest BCUT2D eigenvalue weighted by atomic mass is 9.93. The molecule has 1 saturated heterocycles. The van der Waals surface area contributed by atoms with Gasteiger partial charge in [-0.3, -0.25) is 9.78 Å². The van der Waals surface area contributed by atoms with Crippen LogP contribution in [0, 0.1) is 5.82 Å². The summed E-state index contributed by atoms with van der Waals surface area (Å²) in [5, 5.41) is 4.76. The second-order valence-corrected chi connectivity index (χ2v) is 8.46. The van der Waals surface area contributed by atoms with Gasteiger partial charge in [-0.15, -0.1) is 0 Å². The van der Waals surface area contributed by atoms with Gasteiger partial charge in [-0.2, -0.15) is 5.10 Å². The lowest BCUT2D eigenvalue weighted by molar-refractivity contribution is -0.132. The molecule has 172 valence electrons. The van der Waals surface area contributed by atoms with Gasteiger partial charge in [0, 0.05) is 55.8 Å². The molecule has 0 aliphatic carbocycles. The molecule has 0 saturated carbocycles. The van der Waals surface area contributed by atoms with Crippen molar-refractivity contribution in [3.63, 3.8) is 0 Å². The first kappa shape index (κ1) is 21.9. The Hall–Kier alpha value is -3.94. The van der Waals surface area contributed by atoms with Crippen LogP contribution in [0.15, 0.2) is 73.3 Å². The Balaban J connectivity index is 1.39. The lowest BCUT2D eigenvalue weighted by Crippen LogP contribution is -2.39. The number of carbonyl (C=O) groups is 1. The SMILES string of the molecule is O=C(CCc1cccnc1)N1CCCC(c2cc(-c3ccc(F)cc3)nn2-c2ncccn2)C1.